The number of pyridine rings is 1. The van der Waals surface area contributed by atoms with Gasteiger partial charge in [0, 0.05) is 24.3 Å². The molecule has 0 radical (unpaired) electrons. The van der Waals surface area contributed by atoms with Gasteiger partial charge < -0.3 is 10.5 Å². The van der Waals surface area contributed by atoms with E-state index in [1.165, 1.54) is 5.56 Å². The van der Waals surface area contributed by atoms with Crippen LogP contribution >= 0.6 is 0 Å². The minimum absolute atomic E-state index is 0.507. The van der Waals surface area contributed by atoms with Crippen LogP contribution in [0.25, 0.3) is 11.1 Å². The molecular weight excluding hydrogens is 248 g/mol. The zero-order valence-electron chi connectivity index (χ0n) is 11.8. The molecule has 2 atom stereocenters. The molecule has 0 spiro atoms. The molecular formula is C17H20N2O. The number of hydrogen-bond acceptors (Lipinski definition) is 3. The zero-order chi connectivity index (χ0) is 13.9. The highest BCUT2D eigenvalue weighted by molar-refractivity contribution is 5.75. The van der Waals surface area contributed by atoms with Crippen molar-refractivity contribution in [3.05, 3.63) is 48.3 Å². The molecule has 1 unspecified atom stereocenters. The second-order valence-electron chi connectivity index (χ2n) is 5.53. The predicted octanol–water partition coefficient (Wildman–Crippen LogP) is 3.47. The van der Waals surface area contributed by atoms with Gasteiger partial charge in [-0.15, -0.1) is 0 Å². The fourth-order valence-corrected chi connectivity index (χ4v) is 2.85. The Hall–Kier alpha value is -1.87. The molecule has 2 aromatic rings. The average Bonchev–Trinajstić information content (AvgIpc) is 2.49. The Morgan fingerprint density at radius 1 is 1.20 bits per heavy atom. The minimum atomic E-state index is 0.507. The van der Waals surface area contributed by atoms with Crippen LogP contribution in [0.1, 0.15) is 24.8 Å². The number of ether oxygens (including phenoxy) is 1. The quantitative estimate of drug-likeness (QED) is 0.907. The van der Waals surface area contributed by atoms with E-state index in [0.717, 1.165) is 36.4 Å². The van der Waals surface area contributed by atoms with Gasteiger partial charge in [-0.1, -0.05) is 31.2 Å². The summed E-state index contributed by atoms with van der Waals surface area (Å²) in [6.45, 7) is 4.03. The summed E-state index contributed by atoms with van der Waals surface area (Å²) in [4.78, 5) is 4.03. The number of nitrogen functional groups attached to an aromatic ring is 1. The Kier molecular flexibility index (Phi) is 3.70. The van der Waals surface area contributed by atoms with E-state index >= 15 is 0 Å². The van der Waals surface area contributed by atoms with Crippen LogP contribution in [0.2, 0.25) is 0 Å². The molecule has 1 aromatic carbocycles. The summed E-state index contributed by atoms with van der Waals surface area (Å²) in [5.74, 6) is 1.19. The third-order valence-electron chi connectivity index (χ3n) is 4.20. The molecule has 1 fully saturated rings. The molecule has 1 aromatic heterocycles. The summed E-state index contributed by atoms with van der Waals surface area (Å²) >= 11 is 0. The highest BCUT2D eigenvalue weighted by Crippen LogP contribution is 2.32. The van der Waals surface area contributed by atoms with Crippen LogP contribution in [0.15, 0.2) is 42.7 Å². The van der Waals surface area contributed by atoms with Gasteiger partial charge >= 0.3 is 0 Å². The summed E-state index contributed by atoms with van der Waals surface area (Å²) in [7, 11) is 0. The lowest BCUT2D eigenvalue weighted by Crippen LogP contribution is -2.23. The molecule has 2 N–H and O–H groups in total. The smallest absolute Gasteiger partial charge is 0.0580 e. The van der Waals surface area contributed by atoms with Crippen LogP contribution in [0.4, 0.5) is 5.69 Å². The predicted molar refractivity (Wildman–Crippen MR) is 81.4 cm³/mol. The van der Waals surface area contributed by atoms with Crippen molar-refractivity contribution in [3.63, 3.8) is 0 Å². The molecule has 1 aliphatic heterocycles. The van der Waals surface area contributed by atoms with Gasteiger partial charge in [0.25, 0.3) is 0 Å². The van der Waals surface area contributed by atoms with Crippen molar-refractivity contribution in [2.75, 3.05) is 18.9 Å². The first kappa shape index (κ1) is 13.1. The van der Waals surface area contributed by atoms with E-state index < -0.39 is 0 Å². The van der Waals surface area contributed by atoms with E-state index in [0.29, 0.717) is 11.8 Å². The van der Waals surface area contributed by atoms with E-state index in [1.807, 2.05) is 6.07 Å². The van der Waals surface area contributed by atoms with Gasteiger partial charge in [-0.3, -0.25) is 4.98 Å². The largest absolute Gasteiger partial charge is 0.397 e. The fourth-order valence-electron chi connectivity index (χ4n) is 2.85. The molecule has 3 heteroatoms. The maximum absolute atomic E-state index is 5.97. The summed E-state index contributed by atoms with van der Waals surface area (Å²) in [6.07, 6.45) is 4.61. The van der Waals surface area contributed by atoms with Crippen LogP contribution in [0.5, 0.6) is 0 Å². The molecule has 20 heavy (non-hydrogen) atoms. The van der Waals surface area contributed by atoms with E-state index in [4.69, 9.17) is 10.5 Å². The van der Waals surface area contributed by atoms with Gasteiger partial charge in [0.1, 0.15) is 0 Å². The first-order valence-corrected chi connectivity index (χ1v) is 7.13. The van der Waals surface area contributed by atoms with Crippen molar-refractivity contribution in [1.29, 1.82) is 0 Å². The lowest BCUT2D eigenvalue weighted by Gasteiger charge is -2.29. The van der Waals surface area contributed by atoms with E-state index in [2.05, 4.69) is 36.2 Å². The molecule has 1 saturated heterocycles. The molecule has 0 bridgehead atoms. The Balaban J connectivity index is 1.86. The summed E-state index contributed by atoms with van der Waals surface area (Å²) in [5, 5.41) is 0. The number of nitrogens with zero attached hydrogens (tertiary/aromatic N) is 1. The highest BCUT2D eigenvalue weighted by Gasteiger charge is 2.23. The van der Waals surface area contributed by atoms with Crippen LogP contribution in [0.3, 0.4) is 0 Å². The SMILES string of the molecule is CC1CCOC[C@@H]1c1ccc(-c2ccncc2N)cc1. The summed E-state index contributed by atoms with van der Waals surface area (Å²) in [5.41, 5.74) is 10.2. The van der Waals surface area contributed by atoms with Gasteiger partial charge in [0.2, 0.25) is 0 Å². The molecule has 0 saturated carbocycles. The Bertz CT molecular complexity index is 580. The number of hydrogen-bond donors (Lipinski definition) is 1. The Morgan fingerprint density at radius 2 is 2.00 bits per heavy atom. The van der Waals surface area contributed by atoms with Gasteiger partial charge in [0.15, 0.2) is 0 Å². The second kappa shape index (κ2) is 5.63. The lowest BCUT2D eigenvalue weighted by molar-refractivity contribution is 0.0523. The number of nitrogens with two attached hydrogens (primary N) is 1. The fraction of sp³-hybridized carbons (Fsp3) is 0.353. The summed E-state index contributed by atoms with van der Waals surface area (Å²) < 4.78 is 5.61. The van der Waals surface area contributed by atoms with Crippen molar-refractivity contribution in [1.82, 2.24) is 4.98 Å². The van der Waals surface area contributed by atoms with Crippen LogP contribution in [0, 0.1) is 5.92 Å². The molecule has 0 aliphatic carbocycles. The maximum atomic E-state index is 5.97. The third-order valence-corrected chi connectivity index (χ3v) is 4.20. The normalized spacial score (nSPS) is 22.6. The maximum Gasteiger partial charge on any atom is 0.0580 e. The van der Waals surface area contributed by atoms with E-state index in [-0.39, 0.29) is 0 Å². The van der Waals surface area contributed by atoms with E-state index in [1.54, 1.807) is 12.4 Å². The first-order chi connectivity index (χ1) is 9.75. The van der Waals surface area contributed by atoms with Gasteiger partial charge in [-0.05, 0) is 29.5 Å². The minimum Gasteiger partial charge on any atom is -0.397 e. The van der Waals surface area contributed by atoms with Crippen LogP contribution in [-0.4, -0.2) is 18.2 Å². The number of aromatic nitrogens is 1. The monoisotopic (exact) mass is 268 g/mol. The average molecular weight is 268 g/mol. The highest BCUT2D eigenvalue weighted by atomic mass is 16.5. The zero-order valence-corrected chi connectivity index (χ0v) is 11.8. The summed E-state index contributed by atoms with van der Waals surface area (Å²) in [6, 6.07) is 10.6. The molecule has 3 nitrogen and oxygen atoms in total. The number of rotatable bonds is 2. The number of benzene rings is 1. The van der Waals surface area contributed by atoms with Crippen molar-refractivity contribution in [2.24, 2.45) is 5.92 Å². The van der Waals surface area contributed by atoms with Gasteiger partial charge in [-0.2, -0.15) is 0 Å². The number of anilines is 1. The van der Waals surface area contributed by atoms with E-state index in [9.17, 15) is 0 Å². The van der Waals surface area contributed by atoms with Crippen molar-refractivity contribution in [3.8, 4) is 11.1 Å². The van der Waals surface area contributed by atoms with Gasteiger partial charge in [-0.25, -0.2) is 0 Å². The third kappa shape index (κ3) is 2.54. The Labute approximate surface area is 119 Å². The first-order valence-electron chi connectivity index (χ1n) is 7.13. The van der Waals surface area contributed by atoms with Crippen molar-refractivity contribution < 1.29 is 4.74 Å². The van der Waals surface area contributed by atoms with Crippen molar-refractivity contribution >= 4 is 5.69 Å². The Morgan fingerprint density at radius 3 is 2.70 bits per heavy atom. The molecule has 3 rings (SSSR count). The molecule has 0 amide bonds. The van der Waals surface area contributed by atoms with Gasteiger partial charge in [0.05, 0.1) is 18.5 Å². The molecule has 2 heterocycles. The van der Waals surface area contributed by atoms with Crippen LogP contribution in [-0.2, 0) is 4.74 Å². The lowest BCUT2D eigenvalue weighted by atomic mass is 9.84. The topological polar surface area (TPSA) is 48.1 Å². The second-order valence-corrected chi connectivity index (χ2v) is 5.53. The molecule has 104 valence electrons. The standard InChI is InChI=1S/C17H20N2O/c1-12-7-9-20-11-16(12)14-4-2-13(3-5-14)15-6-8-19-10-17(15)18/h2-6,8,10,12,16H,7,9,11,18H2,1H3/t12?,16-/m0/s1. The van der Waals surface area contributed by atoms with Crippen LogP contribution < -0.4 is 5.73 Å². The molecule has 1 aliphatic rings. The van der Waals surface area contributed by atoms with Crippen molar-refractivity contribution in [2.45, 2.75) is 19.3 Å².